The maximum Gasteiger partial charge on any atom is 0.311 e. The summed E-state index contributed by atoms with van der Waals surface area (Å²) in [5.41, 5.74) is -0.849. The molecule has 7 heteroatoms. The number of aliphatic carboxylic acids is 1. The molecule has 21 heavy (non-hydrogen) atoms. The lowest BCUT2D eigenvalue weighted by Gasteiger charge is -2.41. The van der Waals surface area contributed by atoms with Crippen LogP contribution in [0, 0.1) is 11.3 Å². The number of fused-ring (bicyclic) bond motifs is 1. The van der Waals surface area contributed by atoms with E-state index in [1.165, 1.54) is 4.90 Å². The van der Waals surface area contributed by atoms with Crippen LogP contribution in [-0.2, 0) is 19.4 Å². The molecule has 1 heterocycles. The molecule has 1 saturated heterocycles. The summed E-state index contributed by atoms with van der Waals surface area (Å²) in [7, 11) is -3.47. The number of sulfone groups is 1. The molecule has 3 rings (SSSR count). The van der Waals surface area contributed by atoms with E-state index in [1.54, 1.807) is 0 Å². The lowest BCUT2D eigenvalue weighted by atomic mass is 9.81. The molecule has 3 fully saturated rings. The van der Waals surface area contributed by atoms with Crippen molar-refractivity contribution in [2.75, 3.05) is 19.3 Å². The number of rotatable bonds is 3. The van der Waals surface area contributed by atoms with E-state index in [1.807, 2.05) is 0 Å². The topological polar surface area (TPSA) is 91.8 Å². The van der Waals surface area contributed by atoms with Crippen LogP contribution in [0.5, 0.6) is 0 Å². The zero-order valence-corrected chi connectivity index (χ0v) is 13.0. The standard InChI is InChI=1S/C14H21NO5S/c1-21(19,20)14(6-3-7-14)11(16)15-8-10-4-2-5-13(10,9-15)12(17)18/h10H,2-9H2,1H3,(H,17,18)/t10-,13+/m0/s1. The van der Waals surface area contributed by atoms with E-state index < -0.39 is 26.0 Å². The highest BCUT2D eigenvalue weighted by Crippen LogP contribution is 2.50. The molecule has 2 aliphatic carbocycles. The van der Waals surface area contributed by atoms with Crippen molar-refractivity contribution >= 4 is 21.7 Å². The second-order valence-corrected chi connectivity index (χ2v) is 9.18. The van der Waals surface area contributed by atoms with Gasteiger partial charge >= 0.3 is 5.97 Å². The van der Waals surface area contributed by atoms with Crippen LogP contribution in [0.4, 0.5) is 0 Å². The predicted molar refractivity (Wildman–Crippen MR) is 75.4 cm³/mol. The van der Waals surface area contributed by atoms with Crippen LogP contribution in [0.15, 0.2) is 0 Å². The van der Waals surface area contributed by atoms with E-state index in [0.717, 1.165) is 25.5 Å². The molecular weight excluding hydrogens is 294 g/mol. The Balaban J connectivity index is 1.87. The Labute approximate surface area is 124 Å². The maximum absolute atomic E-state index is 12.7. The molecule has 6 nitrogen and oxygen atoms in total. The number of carbonyl (C=O) groups excluding carboxylic acids is 1. The smallest absolute Gasteiger partial charge is 0.311 e. The average molecular weight is 315 g/mol. The van der Waals surface area contributed by atoms with Gasteiger partial charge in [0.2, 0.25) is 5.91 Å². The summed E-state index contributed by atoms with van der Waals surface area (Å²) in [5, 5.41) is 9.55. The molecule has 0 bridgehead atoms. The molecule has 0 unspecified atom stereocenters. The Bertz CT molecular complexity index is 594. The first-order valence-electron chi connectivity index (χ1n) is 7.45. The summed E-state index contributed by atoms with van der Waals surface area (Å²) in [6.45, 7) is 0.561. The third-order valence-corrected chi connectivity index (χ3v) is 7.85. The molecule has 0 aromatic carbocycles. The molecule has 0 radical (unpaired) electrons. The highest BCUT2D eigenvalue weighted by Gasteiger charge is 2.60. The van der Waals surface area contributed by atoms with Crippen LogP contribution in [0.1, 0.15) is 38.5 Å². The number of likely N-dealkylation sites (tertiary alicyclic amines) is 1. The number of hydrogen-bond donors (Lipinski definition) is 1. The van der Waals surface area contributed by atoms with Crippen LogP contribution in [0.25, 0.3) is 0 Å². The van der Waals surface area contributed by atoms with Gasteiger partial charge in [-0.2, -0.15) is 0 Å². The Morgan fingerprint density at radius 3 is 2.29 bits per heavy atom. The van der Waals surface area contributed by atoms with Crippen molar-refractivity contribution in [2.45, 2.75) is 43.3 Å². The first-order chi connectivity index (χ1) is 9.73. The Kier molecular flexibility index (Phi) is 3.13. The van der Waals surface area contributed by atoms with E-state index in [0.29, 0.717) is 25.8 Å². The fraction of sp³-hybridized carbons (Fsp3) is 0.857. The van der Waals surface area contributed by atoms with Gasteiger partial charge in [0.1, 0.15) is 0 Å². The van der Waals surface area contributed by atoms with Crippen molar-refractivity contribution in [2.24, 2.45) is 11.3 Å². The number of carboxylic acid groups (broad SMARTS) is 1. The van der Waals surface area contributed by atoms with E-state index >= 15 is 0 Å². The van der Waals surface area contributed by atoms with Gasteiger partial charge in [0.15, 0.2) is 14.6 Å². The highest BCUT2D eigenvalue weighted by atomic mass is 32.2. The number of carboxylic acids is 1. The lowest BCUT2D eigenvalue weighted by molar-refractivity contribution is -0.149. The van der Waals surface area contributed by atoms with Crippen LogP contribution >= 0.6 is 0 Å². The van der Waals surface area contributed by atoms with Crippen molar-refractivity contribution in [1.29, 1.82) is 0 Å². The van der Waals surface area contributed by atoms with Gasteiger partial charge in [0.05, 0.1) is 5.41 Å². The molecule has 118 valence electrons. The molecule has 1 amide bonds. The minimum absolute atomic E-state index is 0.0318. The van der Waals surface area contributed by atoms with Gasteiger partial charge < -0.3 is 10.0 Å². The largest absolute Gasteiger partial charge is 0.481 e. The molecule has 2 saturated carbocycles. The maximum atomic E-state index is 12.7. The van der Waals surface area contributed by atoms with Gasteiger partial charge in [-0.05, 0) is 38.0 Å². The second kappa shape index (κ2) is 4.44. The van der Waals surface area contributed by atoms with Gasteiger partial charge in [-0.3, -0.25) is 9.59 Å². The lowest BCUT2D eigenvalue weighted by Crippen LogP contribution is -2.57. The summed E-state index contributed by atoms with van der Waals surface area (Å²) < 4.78 is 22.8. The fourth-order valence-corrected chi connectivity index (χ4v) is 5.80. The van der Waals surface area contributed by atoms with Crippen molar-refractivity contribution in [3.8, 4) is 0 Å². The second-order valence-electron chi connectivity index (χ2n) is 6.86. The van der Waals surface area contributed by atoms with E-state index in [9.17, 15) is 23.1 Å². The summed E-state index contributed by atoms with van der Waals surface area (Å²) in [5.74, 6) is -1.25. The molecule has 1 aliphatic heterocycles. The summed E-state index contributed by atoms with van der Waals surface area (Å²) >= 11 is 0. The third kappa shape index (κ3) is 1.86. The molecule has 0 aromatic heterocycles. The zero-order valence-electron chi connectivity index (χ0n) is 12.2. The first kappa shape index (κ1) is 14.8. The van der Waals surface area contributed by atoms with Crippen molar-refractivity contribution in [1.82, 2.24) is 4.90 Å². The number of amides is 1. The summed E-state index contributed by atoms with van der Waals surface area (Å²) in [4.78, 5) is 25.9. The van der Waals surface area contributed by atoms with Gasteiger partial charge in [0.25, 0.3) is 0 Å². The molecule has 0 spiro atoms. The first-order valence-corrected chi connectivity index (χ1v) is 9.34. The highest BCUT2D eigenvalue weighted by molar-refractivity contribution is 7.93. The van der Waals surface area contributed by atoms with Crippen molar-refractivity contribution in [3.63, 3.8) is 0 Å². The van der Waals surface area contributed by atoms with Crippen molar-refractivity contribution in [3.05, 3.63) is 0 Å². The van der Waals surface area contributed by atoms with E-state index in [2.05, 4.69) is 0 Å². The van der Waals surface area contributed by atoms with Crippen molar-refractivity contribution < 1.29 is 23.1 Å². The zero-order chi connectivity index (χ0) is 15.5. The molecule has 0 aromatic rings. The number of carbonyl (C=O) groups is 2. The minimum atomic E-state index is -3.47. The van der Waals surface area contributed by atoms with Crippen LogP contribution < -0.4 is 0 Å². The van der Waals surface area contributed by atoms with Crippen LogP contribution in [0.2, 0.25) is 0 Å². The quantitative estimate of drug-likeness (QED) is 0.826. The van der Waals surface area contributed by atoms with Gasteiger partial charge in [-0.25, -0.2) is 8.42 Å². The van der Waals surface area contributed by atoms with Gasteiger partial charge in [-0.1, -0.05) is 6.42 Å². The molecule has 3 aliphatic rings. The van der Waals surface area contributed by atoms with Crippen LogP contribution in [0.3, 0.4) is 0 Å². The Morgan fingerprint density at radius 2 is 1.86 bits per heavy atom. The monoisotopic (exact) mass is 315 g/mol. The van der Waals surface area contributed by atoms with E-state index in [4.69, 9.17) is 0 Å². The molecule has 1 N–H and O–H groups in total. The van der Waals surface area contributed by atoms with E-state index in [-0.39, 0.29) is 18.4 Å². The number of nitrogens with zero attached hydrogens (tertiary/aromatic N) is 1. The fourth-order valence-electron chi connectivity index (χ4n) is 4.32. The van der Waals surface area contributed by atoms with Crippen LogP contribution in [-0.4, -0.2) is 54.4 Å². The average Bonchev–Trinajstić information content (AvgIpc) is 2.80. The minimum Gasteiger partial charge on any atom is -0.481 e. The SMILES string of the molecule is CS(=O)(=O)C1(C(=O)N2C[C@@H]3CCC[C@@]3(C(=O)O)C2)CCC1. The third-order valence-electron chi connectivity index (χ3n) is 5.84. The summed E-state index contributed by atoms with van der Waals surface area (Å²) in [6, 6.07) is 0. The molecular formula is C14H21NO5S. The summed E-state index contributed by atoms with van der Waals surface area (Å²) in [6.07, 6.45) is 4.85. The normalized spacial score (nSPS) is 34.3. The number of hydrogen-bond acceptors (Lipinski definition) is 4. The Morgan fingerprint density at radius 1 is 1.19 bits per heavy atom. The van der Waals surface area contributed by atoms with Gasteiger partial charge in [-0.15, -0.1) is 0 Å². The van der Waals surface area contributed by atoms with Gasteiger partial charge in [0, 0.05) is 19.3 Å². The Hall–Kier alpha value is -1.11. The predicted octanol–water partition coefficient (Wildman–Crippen LogP) is 0.667. The molecule has 2 atom stereocenters.